The Kier molecular flexibility index (Phi) is 4.15. The van der Waals surface area contributed by atoms with Gasteiger partial charge in [0.15, 0.2) is 0 Å². The summed E-state index contributed by atoms with van der Waals surface area (Å²) in [6.45, 7) is 3.81. The highest BCUT2D eigenvalue weighted by atomic mass is 16.5. The molecule has 0 fully saturated rings. The van der Waals surface area contributed by atoms with Gasteiger partial charge in [-0.15, -0.1) is 0 Å². The first-order valence-corrected chi connectivity index (χ1v) is 6.18. The third-order valence-corrected chi connectivity index (χ3v) is 2.97. The number of rotatable bonds is 5. The number of nitrogens with one attached hydrogen (secondary N) is 1. The summed E-state index contributed by atoms with van der Waals surface area (Å²) >= 11 is 0. The molecule has 2 aromatic carbocycles. The van der Waals surface area contributed by atoms with E-state index in [0.717, 1.165) is 22.7 Å². The van der Waals surface area contributed by atoms with Gasteiger partial charge < -0.3 is 20.5 Å². The quantitative estimate of drug-likeness (QED) is 0.643. The molecule has 0 saturated carbocycles. The van der Waals surface area contributed by atoms with Crippen molar-refractivity contribution in [2.24, 2.45) is 0 Å². The van der Waals surface area contributed by atoms with Gasteiger partial charge in [-0.3, -0.25) is 0 Å². The van der Waals surface area contributed by atoms with Gasteiger partial charge in [0.25, 0.3) is 0 Å². The minimum atomic E-state index is 0.588. The molecule has 0 aliphatic rings. The third kappa shape index (κ3) is 3.03. The van der Waals surface area contributed by atoms with Gasteiger partial charge in [-0.1, -0.05) is 12.6 Å². The number of anilines is 3. The maximum absolute atomic E-state index is 6.04. The molecule has 104 valence electrons. The van der Waals surface area contributed by atoms with Gasteiger partial charge in [-0.25, -0.2) is 0 Å². The van der Waals surface area contributed by atoms with E-state index >= 15 is 0 Å². The van der Waals surface area contributed by atoms with E-state index in [-0.39, 0.29) is 0 Å². The van der Waals surface area contributed by atoms with Crippen LogP contribution < -0.4 is 15.8 Å². The first-order valence-electron chi connectivity index (χ1n) is 6.18. The van der Waals surface area contributed by atoms with Crippen molar-refractivity contribution in [2.75, 3.05) is 25.3 Å². The summed E-state index contributed by atoms with van der Waals surface area (Å²) in [5, 5.41) is 3.26. The molecule has 20 heavy (non-hydrogen) atoms. The fourth-order valence-corrected chi connectivity index (χ4v) is 1.82. The Morgan fingerprint density at radius 3 is 2.60 bits per heavy atom. The Morgan fingerprint density at radius 1 is 1.15 bits per heavy atom. The maximum Gasteiger partial charge on any atom is 0.120 e. The average molecular weight is 270 g/mol. The van der Waals surface area contributed by atoms with Gasteiger partial charge in [-0.2, -0.15) is 0 Å². The fraction of sp³-hybridized carbons (Fsp3) is 0.125. The molecule has 2 rings (SSSR count). The van der Waals surface area contributed by atoms with Crippen LogP contribution in [0.3, 0.4) is 0 Å². The molecule has 4 heteroatoms. The normalized spacial score (nSPS) is 9.90. The molecule has 0 saturated heterocycles. The fourth-order valence-electron chi connectivity index (χ4n) is 1.82. The predicted molar refractivity (Wildman–Crippen MR) is 83.2 cm³/mol. The van der Waals surface area contributed by atoms with Gasteiger partial charge >= 0.3 is 0 Å². The van der Waals surface area contributed by atoms with Crippen molar-refractivity contribution in [3.8, 4) is 5.75 Å². The lowest BCUT2D eigenvalue weighted by Crippen LogP contribution is -1.98. The second-order valence-corrected chi connectivity index (χ2v) is 4.29. The second kappa shape index (κ2) is 6.02. The monoisotopic (exact) mass is 270 g/mol. The maximum atomic E-state index is 6.04. The Labute approximate surface area is 118 Å². The number of nitrogens with two attached hydrogens (primary N) is 1. The van der Waals surface area contributed by atoms with Crippen LogP contribution in [0.1, 0.15) is 5.56 Å². The van der Waals surface area contributed by atoms with Crippen molar-refractivity contribution in [2.45, 2.75) is 0 Å². The number of hydrogen-bond donors (Lipinski definition) is 2. The average Bonchev–Trinajstić information content (AvgIpc) is 2.48. The molecule has 3 N–H and O–H groups in total. The SMILES string of the molecule is C=C(OC)c1ccc(Nc2cccc(OC)c2)c(N)c1. The van der Waals surface area contributed by atoms with Crippen molar-refractivity contribution < 1.29 is 9.47 Å². The Hall–Kier alpha value is -2.62. The van der Waals surface area contributed by atoms with Crippen molar-refractivity contribution in [1.29, 1.82) is 0 Å². The number of nitrogen functional groups attached to an aromatic ring is 1. The molecule has 0 aliphatic carbocycles. The summed E-state index contributed by atoms with van der Waals surface area (Å²) < 4.78 is 10.3. The lowest BCUT2D eigenvalue weighted by molar-refractivity contribution is 0.371. The summed E-state index contributed by atoms with van der Waals surface area (Å²) in [7, 11) is 3.22. The Balaban J connectivity index is 2.23. The number of hydrogen-bond acceptors (Lipinski definition) is 4. The van der Waals surface area contributed by atoms with E-state index in [0.29, 0.717) is 11.4 Å². The zero-order valence-electron chi connectivity index (χ0n) is 11.6. The highest BCUT2D eigenvalue weighted by molar-refractivity contribution is 5.76. The largest absolute Gasteiger partial charge is 0.497 e. The van der Waals surface area contributed by atoms with Gasteiger partial charge in [0, 0.05) is 17.3 Å². The molecule has 0 amide bonds. The van der Waals surface area contributed by atoms with Crippen molar-refractivity contribution in [3.63, 3.8) is 0 Å². The molecule has 0 heterocycles. The molecule has 0 aromatic heterocycles. The first-order chi connectivity index (χ1) is 9.63. The van der Waals surface area contributed by atoms with Gasteiger partial charge in [0.05, 0.1) is 25.6 Å². The molecule has 2 aromatic rings. The van der Waals surface area contributed by atoms with Crippen LogP contribution in [-0.2, 0) is 4.74 Å². The van der Waals surface area contributed by atoms with E-state index in [1.165, 1.54) is 0 Å². The number of methoxy groups -OCH3 is 2. The molecule has 0 aliphatic heterocycles. The standard InChI is InChI=1S/C16H18N2O2/c1-11(19-2)12-7-8-16(15(17)9-12)18-13-5-4-6-14(10-13)20-3/h4-10,18H,1,17H2,2-3H3. The molecule has 4 nitrogen and oxygen atoms in total. The smallest absolute Gasteiger partial charge is 0.120 e. The summed E-state index contributed by atoms with van der Waals surface area (Å²) in [4.78, 5) is 0. The van der Waals surface area contributed by atoms with Crippen LogP contribution >= 0.6 is 0 Å². The number of benzene rings is 2. The van der Waals surface area contributed by atoms with E-state index < -0.39 is 0 Å². The van der Waals surface area contributed by atoms with Crippen molar-refractivity contribution >= 4 is 22.8 Å². The third-order valence-electron chi connectivity index (χ3n) is 2.97. The van der Waals surface area contributed by atoms with Gasteiger partial charge in [0.1, 0.15) is 11.5 Å². The molecule has 0 radical (unpaired) electrons. The van der Waals surface area contributed by atoms with Crippen LogP contribution in [0.5, 0.6) is 5.75 Å². The molecule has 0 spiro atoms. The van der Waals surface area contributed by atoms with E-state index in [4.69, 9.17) is 15.2 Å². The Morgan fingerprint density at radius 2 is 1.95 bits per heavy atom. The zero-order chi connectivity index (χ0) is 14.5. The summed E-state index contributed by atoms with van der Waals surface area (Å²) in [5.41, 5.74) is 9.27. The highest BCUT2D eigenvalue weighted by Crippen LogP contribution is 2.28. The summed E-state index contributed by atoms with van der Waals surface area (Å²) in [6.07, 6.45) is 0. The molecular formula is C16H18N2O2. The minimum Gasteiger partial charge on any atom is -0.497 e. The Bertz CT molecular complexity index is 624. The summed E-state index contributed by atoms with van der Waals surface area (Å²) in [5.74, 6) is 1.38. The zero-order valence-corrected chi connectivity index (χ0v) is 11.6. The lowest BCUT2D eigenvalue weighted by Gasteiger charge is -2.12. The lowest BCUT2D eigenvalue weighted by atomic mass is 10.1. The van der Waals surface area contributed by atoms with Crippen LogP contribution in [0.2, 0.25) is 0 Å². The predicted octanol–water partition coefficient (Wildman–Crippen LogP) is 3.64. The van der Waals surface area contributed by atoms with E-state index in [1.807, 2.05) is 42.5 Å². The molecule has 0 atom stereocenters. The van der Waals surface area contributed by atoms with E-state index in [1.54, 1.807) is 14.2 Å². The summed E-state index contributed by atoms with van der Waals surface area (Å²) in [6, 6.07) is 13.3. The van der Waals surface area contributed by atoms with Crippen LogP contribution in [0.25, 0.3) is 5.76 Å². The van der Waals surface area contributed by atoms with Gasteiger partial charge in [-0.05, 0) is 30.3 Å². The van der Waals surface area contributed by atoms with Crippen LogP contribution in [0, 0.1) is 0 Å². The van der Waals surface area contributed by atoms with Crippen LogP contribution in [-0.4, -0.2) is 14.2 Å². The van der Waals surface area contributed by atoms with E-state index in [9.17, 15) is 0 Å². The number of ether oxygens (including phenoxy) is 2. The first kappa shape index (κ1) is 13.8. The molecule has 0 unspecified atom stereocenters. The topological polar surface area (TPSA) is 56.5 Å². The van der Waals surface area contributed by atoms with Crippen LogP contribution in [0.15, 0.2) is 49.0 Å². The molecular weight excluding hydrogens is 252 g/mol. The highest BCUT2D eigenvalue weighted by Gasteiger charge is 2.04. The van der Waals surface area contributed by atoms with Crippen LogP contribution in [0.4, 0.5) is 17.1 Å². The van der Waals surface area contributed by atoms with Gasteiger partial charge in [0.2, 0.25) is 0 Å². The van der Waals surface area contributed by atoms with Crippen molar-refractivity contribution in [1.82, 2.24) is 0 Å². The van der Waals surface area contributed by atoms with E-state index in [2.05, 4.69) is 11.9 Å². The minimum absolute atomic E-state index is 0.588. The van der Waals surface area contributed by atoms with Crippen molar-refractivity contribution in [3.05, 3.63) is 54.6 Å². The molecule has 0 bridgehead atoms. The second-order valence-electron chi connectivity index (χ2n) is 4.29.